The van der Waals surface area contributed by atoms with Gasteiger partial charge >= 0.3 is 0 Å². The molecule has 0 aromatic heterocycles. The summed E-state index contributed by atoms with van der Waals surface area (Å²) in [6, 6.07) is 3.21. The summed E-state index contributed by atoms with van der Waals surface area (Å²) in [6.07, 6.45) is 0. The number of hydrogen-bond acceptors (Lipinski definition) is 2. The van der Waals surface area contributed by atoms with E-state index in [1.165, 1.54) is 6.07 Å². The highest BCUT2D eigenvalue weighted by atomic mass is 35.5. The van der Waals surface area contributed by atoms with Crippen molar-refractivity contribution in [3.63, 3.8) is 0 Å². The lowest BCUT2D eigenvalue weighted by atomic mass is 10.1. The average Bonchev–Trinajstić information content (AvgIpc) is 2.03. The smallest absolute Gasteiger partial charge is 0.255 e. The highest BCUT2D eigenvalue weighted by Crippen LogP contribution is 2.14. The molecule has 0 aliphatic carbocycles. The van der Waals surface area contributed by atoms with E-state index in [1.807, 2.05) is 0 Å². The first-order chi connectivity index (χ1) is 6.02. The van der Waals surface area contributed by atoms with Crippen molar-refractivity contribution >= 4 is 33.7 Å². The predicted octanol–water partition coefficient (Wildman–Crippen LogP) is 2.58. The Morgan fingerprint density at radius 2 is 1.77 bits per heavy atom. The SMILES string of the molecule is O=C(Cl)c1ccc(C(=O)Cl)c(F)c1. The van der Waals surface area contributed by atoms with Crippen molar-refractivity contribution in [3.05, 3.63) is 35.1 Å². The van der Waals surface area contributed by atoms with Crippen LogP contribution in [-0.4, -0.2) is 10.5 Å². The third kappa shape index (κ3) is 2.26. The highest BCUT2D eigenvalue weighted by Gasteiger charge is 2.11. The Hall–Kier alpha value is -0.930. The monoisotopic (exact) mass is 220 g/mol. The van der Waals surface area contributed by atoms with E-state index in [4.69, 9.17) is 23.2 Å². The van der Waals surface area contributed by atoms with E-state index in [0.717, 1.165) is 12.1 Å². The van der Waals surface area contributed by atoms with Crippen LogP contribution in [-0.2, 0) is 0 Å². The van der Waals surface area contributed by atoms with Gasteiger partial charge < -0.3 is 0 Å². The fourth-order valence-electron chi connectivity index (χ4n) is 0.797. The van der Waals surface area contributed by atoms with Gasteiger partial charge in [-0.1, -0.05) is 0 Å². The van der Waals surface area contributed by atoms with Crippen molar-refractivity contribution < 1.29 is 14.0 Å². The van der Waals surface area contributed by atoms with Gasteiger partial charge in [0.2, 0.25) is 0 Å². The lowest BCUT2D eigenvalue weighted by Crippen LogP contribution is -1.97. The van der Waals surface area contributed by atoms with Crippen LogP contribution in [0.4, 0.5) is 4.39 Å². The zero-order valence-electron chi connectivity index (χ0n) is 6.18. The first-order valence-electron chi connectivity index (χ1n) is 3.21. The van der Waals surface area contributed by atoms with Crippen molar-refractivity contribution in [3.8, 4) is 0 Å². The van der Waals surface area contributed by atoms with Crippen molar-refractivity contribution in [2.45, 2.75) is 0 Å². The number of halogens is 3. The van der Waals surface area contributed by atoms with Gasteiger partial charge in [0.1, 0.15) is 5.82 Å². The van der Waals surface area contributed by atoms with E-state index in [-0.39, 0.29) is 11.1 Å². The van der Waals surface area contributed by atoms with Crippen LogP contribution in [0.1, 0.15) is 20.7 Å². The van der Waals surface area contributed by atoms with Crippen LogP contribution in [0.3, 0.4) is 0 Å². The van der Waals surface area contributed by atoms with Crippen LogP contribution in [0, 0.1) is 5.82 Å². The number of benzene rings is 1. The Balaban J connectivity index is 3.20. The maximum absolute atomic E-state index is 12.9. The topological polar surface area (TPSA) is 34.1 Å². The quantitative estimate of drug-likeness (QED) is 0.719. The van der Waals surface area contributed by atoms with Crippen LogP contribution in [0.2, 0.25) is 0 Å². The fraction of sp³-hybridized carbons (Fsp3) is 0. The van der Waals surface area contributed by atoms with Crippen molar-refractivity contribution in [2.24, 2.45) is 0 Å². The Kier molecular flexibility index (Phi) is 3.01. The highest BCUT2D eigenvalue weighted by molar-refractivity contribution is 6.68. The summed E-state index contributed by atoms with van der Waals surface area (Å²) in [6.45, 7) is 0. The molecule has 1 rings (SSSR count). The molecule has 68 valence electrons. The normalized spacial score (nSPS) is 9.77. The van der Waals surface area contributed by atoms with Crippen molar-refractivity contribution in [1.82, 2.24) is 0 Å². The Morgan fingerprint density at radius 3 is 2.15 bits per heavy atom. The van der Waals surface area contributed by atoms with Gasteiger partial charge in [0.05, 0.1) is 5.56 Å². The van der Waals surface area contributed by atoms with Crippen LogP contribution in [0.5, 0.6) is 0 Å². The third-order valence-electron chi connectivity index (χ3n) is 1.41. The largest absolute Gasteiger partial charge is 0.276 e. The van der Waals surface area contributed by atoms with E-state index < -0.39 is 16.3 Å². The molecule has 0 spiro atoms. The molecule has 0 radical (unpaired) electrons. The fourth-order valence-corrected chi connectivity index (χ4v) is 1.07. The molecule has 0 fully saturated rings. The standard InChI is InChI=1S/C8H3Cl2FO2/c9-7(12)4-1-2-5(8(10)13)6(11)3-4/h1-3H. The Bertz CT molecular complexity index is 376. The van der Waals surface area contributed by atoms with E-state index >= 15 is 0 Å². The maximum atomic E-state index is 12.9. The van der Waals surface area contributed by atoms with E-state index in [1.54, 1.807) is 0 Å². The van der Waals surface area contributed by atoms with Crippen molar-refractivity contribution in [1.29, 1.82) is 0 Å². The Labute approximate surface area is 83.3 Å². The van der Waals surface area contributed by atoms with Gasteiger partial charge in [0.25, 0.3) is 10.5 Å². The van der Waals surface area contributed by atoms with Crippen LogP contribution in [0.25, 0.3) is 0 Å². The number of carbonyl (C=O) groups excluding carboxylic acids is 2. The van der Waals surface area contributed by atoms with Gasteiger partial charge in [-0.15, -0.1) is 0 Å². The second-order valence-corrected chi connectivity index (χ2v) is 2.93. The summed E-state index contributed by atoms with van der Waals surface area (Å²) in [5.41, 5.74) is -0.288. The summed E-state index contributed by atoms with van der Waals surface area (Å²) in [4.78, 5) is 21.1. The summed E-state index contributed by atoms with van der Waals surface area (Å²) in [7, 11) is 0. The molecular formula is C8H3Cl2FO2. The minimum Gasteiger partial charge on any atom is -0.276 e. The molecule has 5 heteroatoms. The molecule has 0 bridgehead atoms. The molecule has 0 aliphatic heterocycles. The van der Waals surface area contributed by atoms with E-state index in [0.29, 0.717) is 0 Å². The third-order valence-corrected chi connectivity index (χ3v) is 1.83. The predicted molar refractivity (Wildman–Crippen MR) is 46.8 cm³/mol. The molecule has 0 N–H and O–H groups in total. The van der Waals surface area contributed by atoms with E-state index in [2.05, 4.69) is 0 Å². The van der Waals surface area contributed by atoms with Crippen LogP contribution >= 0.6 is 23.2 Å². The summed E-state index contributed by atoms with van der Waals surface area (Å²) < 4.78 is 12.9. The number of hydrogen-bond donors (Lipinski definition) is 0. The maximum Gasteiger partial charge on any atom is 0.255 e. The van der Waals surface area contributed by atoms with Gasteiger partial charge in [-0.2, -0.15) is 0 Å². The minimum absolute atomic E-state index is 0.0131. The molecule has 1 aromatic rings. The molecular weight excluding hydrogens is 218 g/mol. The van der Waals surface area contributed by atoms with Gasteiger partial charge in [0.15, 0.2) is 0 Å². The molecule has 1 aromatic carbocycles. The van der Waals surface area contributed by atoms with Crippen molar-refractivity contribution in [2.75, 3.05) is 0 Å². The molecule has 0 atom stereocenters. The molecule has 0 heterocycles. The van der Waals surface area contributed by atoms with Crippen LogP contribution in [0.15, 0.2) is 18.2 Å². The van der Waals surface area contributed by atoms with E-state index in [9.17, 15) is 14.0 Å². The molecule has 0 amide bonds. The number of rotatable bonds is 2. The molecule has 2 nitrogen and oxygen atoms in total. The summed E-state index contributed by atoms with van der Waals surface area (Å²) in [5.74, 6) is -0.855. The molecule has 0 aliphatic rings. The van der Waals surface area contributed by atoms with Gasteiger partial charge in [-0.05, 0) is 41.4 Å². The molecule has 13 heavy (non-hydrogen) atoms. The second kappa shape index (κ2) is 3.85. The lowest BCUT2D eigenvalue weighted by molar-refractivity contribution is 0.106. The Morgan fingerprint density at radius 1 is 1.15 bits per heavy atom. The lowest BCUT2D eigenvalue weighted by Gasteiger charge is -1.97. The summed E-state index contributed by atoms with van der Waals surface area (Å²) >= 11 is 10.1. The first-order valence-corrected chi connectivity index (χ1v) is 3.97. The zero-order valence-corrected chi connectivity index (χ0v) is 7.69. The molecule has 0 saturated carbocycles. The first kappa shape index (κ1) is 10.2. The molecule has 0 saturated heterocycles. The zero-order chi connectivity index (χ0) is 10.0. The van der Waals surface area contributed by atoms with Gasteiger partial charge in [-0.25, -0.2) is 4.39 Å². The average molecular weight is 221 g/mol. The van der Waals surface area contributed by atoms with Gasteiger partial charge in [-0.3, -0.25) is 9.59 Å². The minimum atomic E-state index is -0.911. The van der Waals surface area contributed by atoms with Crippen LogP contribution < -0.4 is 0 Å². The van der Waals surface area contributed by atoms with Gasteiger partial charge in [0, 0.05) is 5.56 Å². The second-order valence-electron chi connectivity index (χ2n) is 2.24. The summed E-state index contributed by atoms with van der Waals surface area (Å²) in [5, 5.41) is -1.70. The molecule has 0 unspecified atom stereocenters. The number of carbonyl (C=O) groups is 2.